The van der Waals surface area contributed by atoms with Gasteiger partial charge in [0, 0.05) is 32.2 Å². The van der Waals surface area contributed by atoms with E-state index in [9.17, 15) is 4.79 Å². The summed E-state index contributed by atoms with van der Waals surface area (Å²) >= 11 is 0. The van der Waals surface area contributed by atoms with Crippen molar-refractivity contribution in [2.24, 2.45) is 5.73 Å². The average Bonchev–Trinajstić information content (AvgIpc) is 2.21. The molecule has 2 unspecified atom stereocenters. The maximum absolute atomic E-state index is 11.8. The van der Waals surface area contributed by atoms with Gasteiger partial charge >= 0.3 is 6.09 Å². The van der Waals surface area contributed by atoms with Crippen molar-refractivity contribution in [3.63, 3.8) is 0 Å². The first-order chi connectivity index (χ1) is 7.67. The van der Waals surface area contributed by atoms with Crippen molar-refractivity contribution >= 4 is 6.09 Å². The molecule has 0 fully saturated rings. The SMILES string of the molecule is CC(CN)NCC(C)N(C)C(=O)OC(C)(C)C. The highest BCUT2D eigenvalue weighted by Crippen LogP contribution is 2.10. The second-order valence-electron chi connectivity index (χ2n) is 5.49. The molecule has 0 rings (SSSR count). The summed E-state index contributed by atoms with van der Waals surface area (Å²) in [6.45, 7) is 10.9. The molecule has 0 saturated heterocycles. The molecule has 0 aliphatic carbocycles. The molecule has 0 aromatic rings. The van der Waals surface area contributed by atoms with Gasteiger partial charge in [-0.1, -0.05) is 0 Å². The first-order valence-corrected chi connectivity index (χ1v) is 6.06. The van der Waals surface area contributed by atoms with Gasteiger partial charge in [-0.3, -0.25) is 0 Å². The van der Waals surface area contributed by atoms with Crippen LogP contribution in [0.5, 0.6) is 0 Å². The zero-order valence-corrected chi connectivity index (χ0v) is 11.9. The molecule has 0 aliphatic rings. The molecule has 102 valence electrons. The summed E-state index contributed by atoms with van der Waals surface area (Å²) in [5, 5.41) is 3.26. The number of hydrogen-bond acceptors (Lipinski definition) is 4. The van der Waals surface area contributed by atoms with Gasteiger partial charge in [0.15, 0.2) is 0 Å². The average molecular weight is 245 g/mol. The Balaban J connectivity index is 4.12. The molecule has 0 aromatic heterocycles. The van der Waals surface area contributed by atoms with Crippen LogP contribution < -0.4 is 11.1 Å². The first-order valence-electron chi connectivity index (χ1n) is 6.06. The molecule has 2 atom stereocenters. The number of hydrogen-bond donors (Lipinski definition) is 2. The summed E-state index contributed by atoms with van der Waals surface area (Å²) in [4.78, 5) is 13.4. The minimum atomic E-state index is -0.455. The zero-order valence-electron chi connectivity index (χ0n) is 11.9. The number of ether oxygens (including phenoxy) is 1. The number of rotatable bonds is 5. The highest BCUT2D eigenvalue weighted by atomic mass is 16.6. The van der Waals surface area contributed by atoms with E-state index in [4.69, 9.17) is 10.5 Å². The predicted molar refractivity (Wildman–Crippen MR) is 70.0 cm³/mol. The van der Waals surface area contributed by atoms with Gasteiger partial charge in [0.1, 0.15) is 5.60 Å². The fourth-order valence-corrected chi connectivity index (χ4v) is 1.11. The fraction of sp³-hybridized carbons (Fsp3) is 0.917. The van der Waals surface area contributed by atoms with Crippen molar-refractivity contribution in [1.82, 2.24) is 10.2 Å². The maximum Gasteiger partial charge on any atom is 0.410 e. The van der Waals surface area contributed by atoms with E-state index in [0.29, 0.717) is 13.1 Å². The van der Waals surface area contributed by atoms with Crippen LogP contribution in [-0.2, 0) is 4.74 Å². The number of nitrogens with zero attached hydrogens (tertiary/aromatic N) is 1. The monoisotopic (exact) mass is 245 g/mol. The minimum Gasteiger partial charge on any atom is -0.444 e. The van der Waals surface area contributed by atoms with Crippen LogP contribution in [0, 0.1) is 0 Å². The van der Waals surface area contributed by atoms with Crippen LogP contribution in [0.25, 0.3) is 0 Å². The van der Waals surface area contributed by atoms with Crippen LogP contribution in [0.2, 0.25) is 0 Å². The molecule has 5 nitrogen and oxygen atoms in total. The van der Waals surface area contributed by atoms with E-state index in [-0.39, 0.29) is 18.2 Å². The van der Waals surface area contributed by atoms with E-state index < -0.39 is 5.60 Å². The van der Waals surface area contributed by atoms with Crippen molar-refractivity contribution in [3.05, 3.63) is 0 Å². The second-order valence-corrected chi connectivity index (χ2v) is 5.49. The highest BCUT2D eigenvalue weighted by molar-refractivity contribution is 5.68. The third-order valence-corrected chi connectivity index (χ3v) is 2.46. The second kappa shape index (κ2) is 6.81. The lowest BCUT2D eigenvalue weighted by Gasteiger charge is -2.29. The number of likely N-dealkylation sites (N-methyl/N-ethyl adjacent to an activating group) is 1. The Morgan fingerprint density at radius 2 is 1.94 bits per heavy atom. The molecule has 0 bridgehead atoms. The molecular formula is C12H27N3O2. The summed E-state index contributed by atoms with van der Waals surface area (Å²) in [6.07, 6.45) is -0.299. The van der Waals surface area contributed by atoms with Gasteiger partial charge in [-0.05, 0) is 34.6 Å². The Morgan fingerprint density at radius 1 is 1.41 bits per heavy atom. The topological polar surface area (TPSA) is 67.6 Å². The predicted octanol–water partition coefficient (Wildman–Crippen LogP) is 1.18. The smallest absolute Gasteiger partial charge is 0.410 e. The number of nitrogens with two attached hydrogens (primary N) is 1. The molecule has 0 radical (unpaired) electrons. The first kappa shape index (κ1) is 16.2. The molecule has 0 saturated carbocycles. The Kier molecular flexibility index (Phi) is 6.49. The molecular weight excluding hydrogens is 218 g/mol. The van der Waals surface area contributed by atoms with Gasteiger partial charge in [-0.25, -0.2) is 4.79 Å². The van der Waals surface area contributed by atoms with Crippen molar-refractivity contribution in [1.29, 1.82) is 0 Å². The van der Waals surface area contributed by atoms with E-state index >= 15 is 0 Å². The zero-order chi connectivity index (χ0) is 13.6. The molecule has 0 aliphatic heterocycles. The van der Waals surface area contributed by atoms with Crippen LogP contribution in [0.15, 0.2) is 0 Å². The molecule has 0 spiro atoms. The quantitative estimate of drug-likeness (QED) is 0.763. The lowest BCUT2D eigenvalue weighted by molar-refractivity contribution is 0.0234. The van der Waals surface area contributed by atoms with E-state index in [1.165, 1.54) is 0 Å². The molecule has 5 heteroatoms. The third kappa shape index (κ3) is 7.18. The highest BCUT2D eigenvalue weighted by Gasteiger charge is 2.22. The van der Waals surface area contributed by atoms with Gasteiger partial charge in [0.2, 0.25) is 0 Å². The van der Waals surface area contributed by atoms with Crippen LogP contribution in [0.1, 0.15) is 34.6 Å². The summed E-state index contributed by atoms with van der Waals surface area (Å²) in [5.41, 5.74) is 5.05. The van der Waals surface area contributed by atoms with Crippen LogP contribution in [0.4, 0.5) is 4.79 Å². The Bertz CT molecular complexity index is 238. The summed E-state index contributed by atoms with van der Waals surface area (Å²) < 4.78 is 5.29. The maximum atomic E-state index is 11.8. The van der Waals surface area contributed by atoms with Gasteiger partial charge in [0.25, 0.3) is 0 Å². The molecule has 0 heterocycles. The fourth-order valence-electron chi connectivity index (χ4n) is 1.11. The van der Waals surface area contributed by atoms with Crippen molar-refractivity contribution < 1.29 is 9.53 Å². The summed E-state index contributed by atoms with van der Waals surface area (Å²) in [5.74, 6) is 0. The summed E-state index contributed by atoms with van der Waals surface area (Å²) in [6, 6.07) is 0.323. The molecule has 1 amide bonds. The standard InChI is InChI=1S/C12H27N3O2/c1-9(7-13)14-8-10(2)15(6)11(16)17-12(3,4)5/h9-10,14H,7-8,13H2,1-6H3. The van der Waals surface area contributed by atoms with Crippen LogP contribution >= 0.6 is 0 Å². The van der Waals surface area contributed by atoms with E-state index in [1.807, 2.05) is 34.6 Å². The van der Waals surface area contributed by atoms with E-state index in [0.717, 1.165) is 0 Å². The van der Waals surface area contributed by atoms with Gasteiger partial charge < -0.3 is 20.7 Å². The van der Waals surface area contributed by atoms with Gasteiger partial charge in [-0.15, -0.1) is 0 Å². The van der Waals surface area contributed by atoms with Crippen LogP contribution in [-0.4, -0.2) is 48.8 Å². The minimum absolute atomic E-state index is 0.0684. The molecule has 17 heavy (non-hydrogen) atoms. The van der Waals surface area contributed by atoms with Gasteiger partial charge in [-0.2, -0.15) is 0 Å². The molecule has 3 N–H and O–H groups in total. The number of carbonyl (C=O) groups is 1. The molecule has 0 aromatic carbocycles. The van der Waals surface area contributed by atoms with Crippen LogP contribution in [0.3, 0.4) is 0 Å². The van der Waals surface area contributed by atoms with Crippen molar-refractivity contribution in [2.75, 3.05) is 20.1 Å². The summed E-state index contributed by atoms with van der Waals surface area (Å²) in [7, 11) is 1.74. The normalized spacial score (nSPS) is 15.2. The Labute approximate surface area is 105 Å². The van der Waals surface area contributed by atoms with E-state index in [2.05, 4.69) is 5.32 Å². The Hall–Kier alpha value is -0.810. The number of amides is 1. The van der Waals surface area contributed by atoms with E-state index in [1.54, 1.807) is 11.9 Å². The number of carbonyl (C=O) groups excluding carboxylic acids is 1. The van der Waals surface area contributed by atoms with Crippen molar-refractivity contribution in [2.45, 2.75) is 52.3 Å². The number of nitrogens with one attached hydrogen (secondary N) is 1. The largest absolute Gasteiger partial charge is 0.444 e. The lowest BCUT2D eigenvalue weighted by Crippen LogP contribution is -2.46. The van der Waals surface area contributed by atoms with Crippen molar-refractivity contribution in [3.8, 4) is 0 Å². The third-order valence-electron chi connectivity index (χ3n) is 2.46. The van der Waals surface area contributed by atoms with Gasteiger partial charge in [0.05, 0.1) is 0 Å². The lowest BCUT2D eigenvalue weighted by atomic mass is 10.2. The Morgan fingerprint density at radius 3 is 2.35 bits per heavy atom.